The summed E-state index contributed by atoms with van der Waals surface area (Å²) >= 11 is 0. The molecule has 0 aliphatic carbocycles. The Balaban J connectivity index is 1.69. The molecule has 0 bridgehead atoms. The Labute approximate surface area is 133 Å². The number of anilines is 1. The first kappa shape index (κ1) is 14.5. The standard InChI is InChI=1S/C17H14N6/c1-13(16-8-2-3-9-18-16)21-23-22-15-7-4-6-14(12-15)17-19-10-5-11-20-17/h2-12H,1H2,(H,21,22). The largest absolute Gasteiger partial charge is 0.260 e. The highest BCUT2D eigenvalue weighted by atomic mass is 15.4. The summed E-state index contributed by atoms with van der Waals surface area (Å²) in [5.41, 5.74) is 5.72. The van der Waals surface area contributed by atoms with E-state index in [0.29, 0.717) is 17.2 Å². The summed E-state index contributed by atoms with van der Waals surface area (Å²) in [6, 6.07) is 14.9. The van der Waals surface area contributed by atoms with E-state index in [1.54, 1.807) is 24.7 Å². The average Bonchev–Trinajstić information content (AvgIpc) is 2.63. The smallest absolute Gasteiger partial charge is 0.159 e. The highest BCUT2D eigenvalue weighted by Crippen LogP contribution is 2.19. The van der Waals surface area contributed by atoms with E-state index < -0.39 is 0 Å². The third-order valence-electron chi connectivity index (χ3n) is 3.00. The number of hydrogen-bond acceptors (Lipinski definition) is 5. The van der Waals surface area contributed by atoms with Crippen molar-refractivity contribution in [1.29, 1.82) is 0 Å². The van der Waals surface area contributed by atoms with Gasteiger partial charge in [-0.05, 0) is 30.3 Å². The van der Waals surface area contributed by atoms with Gasteiger partial charge in [0.05, 0.1) is 11.4 Å². The number of hydrogen-bond donors (Lipinski definition) is 1. The Morgan fingerprint density at radius 1 is 0.913 bits per heavy atom. The molecule has 23 heavy (non-hydrogen) atoms. The molecular weight excluding hydrogens is 288 g/mol. The lowest BCUT2D eigenvalue weighted by Gasteiger charge is -2.03. The van der Waals surface area contributed by atoms with Crippen LogP contribution in [0.4, 0.5) is 5.69 Å². The molecule has 6 heteroatoms. The highest BCUT2D eigenvalue weighted by molar-refractivity contribution is 5.62. The summed E-state index contributed by atoms with van der Waals surface area (Å²) in [4.78, 5) is 12.6. The van der Waals surface area contributed by atoms with Crippen molar-refractivity contribution in [3.63, 3.8) is 0 Å². The van der Waals surface area contributed by atoms with E-state index in [4.69, 9.17) is 0 Å². The lowest BCUT2D eigenvalue weighted by molar-refractivity contribution is 1.12. The van der Waals surface area contributed by atoms with Gasteiger partial charge in [0.15, 0.2) is 5.82 Å². The molecule has 0 amide bonds. The van der Waals surface area contributed by atoms with Crippen LogP contribution in [-0.2, 0) is 0 Å². The molecule has 0 aliphatic rings. The van der Waals surface area contributed by atoms with Crippen LogP contribution in [0.2, 0.25) is 0 Å². The number of nitrogens with one attached hydrogen (secondary N) is 1. The topological polar surface area (TPSA) is 75.4 Å². The molecule has 0 saturated carbocycles. The van der Waals surface area contributed by atoms with Crippen molar-refractivity contribution in [2.45, 2.75) is 0 Å². The van der Waals surface area contributed by atoms with Gasteiger partial charge in [0.1, 0.15) is 5.70 Å². The minimum Gasteiger partial charge on any atom is -0.260 e. The number of benzene rings is 1. The summed E-state index contributed by atoms with van der Waals surface area (Å²) in [6.45, 7) is 3.84. The molecule has 0 radical (unpaired) electrons. The summed E-state index contributed by atoms with van der Waals surface area (Å²) in [6.07, 6.45) is 5.10. The molecule has 112 valence electrons. The van der Waals surface area contributed by atoms with Gasteiger partial charge in [-0.15, -0.1) is 5.11 Å². The molecule has 0 unspecified atom stereocenters. The maximum absolute atomic E-state index is 4.22. The molecule has 3 rings (SSSR count). The van der Waals surface area contributed by atoms with Gasteiger partial charge < -0.3 is 0 Å². The maximum atomic E-state index is 4.22. The molecule has 3 aromatic rings. The van der Waals surface area contributed by atoms with Gasteiger partial charge >= 0.3 is 0 Å². The Kier molecular flexibility index (Phi) is 4.44. The van der Waals surface area contributed by atoms with Crippen molar-refractivity contribution >= 4 is 11.4 Å². The number of rotatable bonds is 5. The quantitative estimate of drug-likeness (QED) is 0.571. The highest BCUT2D eigenvalue weighted by Gasteiger charge is 2.01. The first-order chi connectivity index (χ1) is 11.3. The zero-order valence-corrected chi connectivity index (χ0v) is 12.3. The van der Waals surface area contributed by atoms with Gasteiger partial charge in [-0.25, -0.2) is 9.97 Å². The average molecular weight is 302 g/mol. The Morgan fingerprint density at radius 3 is 2.52 bits per heavy atom. The van der Waals surface area contributed by atoms with Crippen LogP contribution in [0, 0.1) is 0 Å². The van der Waals surface area contributed by atoms with E-state index in [1.807, 2.05) is 42.5 Å². The van der Waals surface area contributed by atoms with Crippen molar-refractivity contribution < 1.29 is 0 Å². The van der Waals surface area contributed by atoms with Crippen molar-refractivity contribution in [3.8, 4) is 11.4 Å². The van der Waals surface area contributed by atoms with E-state index in [0.717, 1.165) is 11.3 Å². The van der Waals surface area contributed by atoms with Crippen LogP contribution in [-0.4, -0.2) is 15.0 Å². The van der Waals surface area contributed by atoms with Crippen molar-refractivity contribution in [1.82, 2.24) is 15.0 Å². The van der Waals surface area contributed by atoms with Crippen LogP contribution in [0.5, 0.6) is 0 Å². The lowest BCUT2D eigenvalue weighted by atomic mass is 10.2. The van der Waals surface area contributed by atoms with Crippen LogP contribution in [0.25, 0.3) is 17.1 Å². The van der Waals surface area contributed by atoms with Crippen molar-refractivity contribution in [2.75, 3.05) is 5.43 Å². The monoisotopic (exact) mass is 302 g/mol. The number of pyridine rings is 1. The van der Waals surface area contributed by atoms with Crippen LogP contribution >= 0.6 is 0 Å². The van der Waals surface area contributed by atoms with Gasteiger partial charge in [0.2, 0.25) is 0 Å². The molecule has 1 aromatic carbocycles. The molecular formula is C17H14N6. The predicted molar refractivity (Wildman–Crippen MR) is 89.2 cm³/mol. The second-order valence-electron chi connectivity index (χ2n) is 4.63. The molecule has 2 aromatic heterocycles. The molecule has 0 spiro atoms. The summed E-state index contributed by atoms with van der Waals surface area (Å²) in [7, 11) is 0. The SMILES string of the molecule is C=C(N=NNc1cccc(-c2ncccn2)c1)c1ccccn1. The first-order valence-corrected chi connectivity index (χ1v) is 6.97. The minimum absolute atomic E-state index is 0.487. The minimum atomic E-state index is 0.487. The summed E-state index contributed by atoms with van der Waals surface area (Å²) < 4.78 is 0. The molecule has 2 heterocycles. The Morgan fingerprint density at radius 2 is 1.74 bits per heavy atom. The molecule has 0 saturated heterocycles. The molecule has 0 atom stereocenters. The Hall–Kier alpha value is -3.41. The maximum Gasteiger partial charge on any atom is 0.159 e. The molecule has 6 nitrogen and oxygen atoms in total. The van der Waals surface area contributed by atoms with Crippen LogP contribution in [0.3, 0.4) is 0 Å². The lowest BCUT2D eigenvalue weighted by Crippen LogP contribution is -1.91. The predicted octanol–water partition coefficient (Wildman–Crippen LogP) is 3.99. The van der Waals surface area contributed by atoms with Crippen LogP contribution in [0.1, 0.15) is 5.69 Å². The van der Waals surface area contributed by atoms with E-state index in [9.17, 15) is 0 Å². The number of nitrogens with zero attached hydrogens (tertiary/aromatic N) is 5. The number of aromatic nitrogens is 3. The van der Waals surface area contributed by atoms with Crippen molar-refractivity contribution in [3.05, 3.63) is 79.4 Å². The molecule has 0 aliphatic heterocycles. The fraction of sp³-hybridized carbons (Fsp3) is 0. The van der Waals surface area contributed by atoms with E-state index in [-0.39, 0.29) is 0 Å². The third-order valence-corrected chi connectivity index (χ3v) is 3.00. The fourth-order valence-electron chi connectivity index (χ4n) is 1.90. The normalized spacial score (nSPS) is 10.6. The van der Waals surface area contributed by atoms with Gasteiger partial charge in [0.25, 0.3) is 0 Å². The van der Waals surface area contributed by atoms with E-state index >= 15 is 0 Å². The summed E-state index contributed by atoms with van der Waals surface area (Å²) in [5.74, 6) is 0.658. The Bertz CT molecular complexity index is 815. The molecule has 1 N–H and O–H groups in total. The second-order valence-corrected chi connectivity index (χ2v) is 4.63. The first-order valence-electron chi connectivity index (χ1n) is 6.97. The fourth-order valence-corrected chi connectivity index (χ4v) is 1.90. The van der Waals surface area contributed by atoms with Crippen molar-refractivity contribution in [2.24, 2.45) is 10.3 Å². The zero-order chi connectivity index (χ0) is 15.9. The molecule has 0 fully saturated rings. The van der Waals surface area contributed by atoms with Gasteiger partial charge in [0, 0.05) is 24.2 Å². The van der Waals surface area contributed by atoms with E-state index in [2.05, 4.69) is 37.3 Å². The van der Waals surface area contributed by atoms with Gasteiger partial charge in [-0.1, -0.05) is 30.0 Å². The van der Waals surface area contributed by atoms with Gasteiger partial charge in [-0.2, -0.15) is 0 Å². The zero-order valence-electron chi connectivity index (χ0n) is 12.3. The second kappa shape index (κ2) is 7.04. The van der Waals surface area contributed by atoms with Crippen LogP contribution in [0.15, 0.2) is 84.0 Å². The summed E-state index contributed by atoms with van der Waals surface area (Å²) in [5, 5.41) is 7.97. The van der Waals surface area contributed by atoms with E-state index in [1.165, 1.54) is 0 Å². The third kappa shape index (κ3) is 3.82. The van der Waals surface area contributed by atoms with Crippen LogP contribution < -0.4 is 5.43 Å². The van der Waals surface area contributed by atoms with Gasteiger partial charge in [-0.3, -0.25) is 10.4 Å².